The number of rotatable bonds is 3. The van der Waals surface area contributed by atoms with Crippen molar-refractivity contribution in [2.45, 2.75) is 6.61 Å². The standard InChI is InChI=1S/C11H11N3O4/c15-11(13-6-5-12-8-13)18-7-9-3-1-2-4-10(9)14(16)17/h1-6,12H,7-8H2. The van der Waals surface area contributed by atoms with E-state index < -0.39 is 11.0 Å². The van der Waals surface area contributed by atoms with Crippen molar-refractivity contribution in [1.29, 1.82) is 0 Å². The fraction of sp³-hybridized carbons (Fsp3) is 0.182. The lowest BCUT2D eigenvalue weighted by molar-refractivity contribution is -0.385. The molecule has 1 amide bonds. The largest absolute Gasteiger partial charge is 0.444 e. The molecule has 0 atom stereocenters. The molecular weight excluding hydrogens is 238 g/mol. The molecule has 1 aromatic carbocycles. The number of carbonyl (C=O) groups excluding carboxylic acids is 1. The molecule has 18 heavy (non-hydrogen) atoms. The summed E-state index contributed by atoms with van der Waals surface area (Å²) in [7, 11) is 0. The van der Waals surface area contributed by atoms with Crippen molar-refractivity contribution < 1.29 is 14.5 Å². The van der Waals surface area contributed by atoms with Crippen LogP contribution < -0.4 is 5.32 Å². The highest BCUT2D eigenvalue weighted by molar-refractivity contribution is 5.69. The van der Waals surface area contributed by atoms with Crippen LogP contribution in [-0.4, -0.2) is 22.6 Å². The number of hydrogen-bond donors (Lipinski definition) is 1. The van der Waals surface area contributed by atoms with E-state index in [0.29, 0.717) is 12.2 Å². The van der Waals surface area contributed by atoms with Gasteiger partial charge in [-0.3, -0.25) is 15.0 Å². The predicted octanol–water partition coefficient (Wildman–Crippen LogP) is 1.57. The van der Waals surface area contributed by atoms with E-state index in [-0.39, 0.29) is 12.3 Å². The van der Waals surface area contributed by atoms with Crippen LogP contribution in [-0.2, 0) is 11.3 Å². The molecule has 0 unspecified atom stereocenters. The molecule has 0 aliphatic carbocycles. The molecule has 7 nitrogen and oxygen atoms in total. The summed E-state index contributed by atoms with van der Waals surface area (Å²) in [6, 6.07) is 6.16. The number of carbonyl (C=O) groups is 1. The van der Waals surface area contributed by atoms with Gasteiger partial charge in [-0.1, -0.05) is 12.1 Å². The van der Waals surface area contributed by atoms with Crippen LogP contribution in [0.3, 0.4) is 0 Å². The van der Waals surface area contributed by atoms with Gasteiger partial charge in [-0.05, 0) is 6.07 Å². The number of para-hydroxylation sites is 1. The molecule has 1 N–H and O–H groups in total. The summed E-state index contributed by atoms with van der Waals surface area (Å²) in [5.74, 6) is 0. The molecule has 1 aliphatic rings. The second-order valence-electron chi connectivity index (χ2n) is 3.59. The van der Waals surface area contributed by atoms with Crippen molar-refractivity contribution in [2.24, 2.45) is 0 Å². The van der Waals surface area contributed by atoms with Crippen LogP contribution in [0.2, 0.25) is 0 Å². The van der Waals surface area contributed by atoms with Crippen molar-refractivity contribution in [3.05, 3.63) is 52.3 Å². The minimum atomic E-state index is -0.547. The van der Waals surface area contributed by atoms with Crippen LogP contribution in [0.5, 0.6) is 0 Å². The molecule has 0 radical (unpaired) electrons. The molecule has 0 fully saturated rings. The average Bonchev–Trinajstić information content (AvgIpc) is 2.90. The van der Waals surface area contributed by atoms with E-state index in [1.807, 2.05) is 0 Å². The molecule has 0 saturated heterocycles. The number of benzene rings is 1. The fourth-order valence-electron chi connectivity index (χ4n) is 1.51. The maximum absolute atomic E-state index is 11.5. The Kier molecular flexibility index (Phi) is 3.42. The predicted molar refractivity (Wildman–Crippen MR) is 62.3 cm³/mol. The van der Waals surface area contributed by atoms with Crippen LogP contribution in [0.4, 0.5) is 10.5 Å². The van der Waals surface area contributed by atoms with Gasteiger partial charge in [-0.15, -0.1) is 0 Å². The fourth-order valence-corrected chi connectivity index (χ4v) is 1.51. The summed E-state index contributed by atoms with van der Waals surface area (Å²) >= 11 is 0. The summed E-state index contributed by atoms with van der Waals surface area (Å²) < 4.78 is 4.99. The molecule has 0 aromatic heterocycles. The number of hydrogen-bond acceptors (Lipinski definition) is 5. The van der Waals surface area contributed by atoms with E-state index in [0.717, 1.165) is 0 Å². The number of nitro groups is 1. The first-order valence-corrected chi connectivity index (χ1v) is 5.24. The lowest BCUT2D eigenvalue weighted by Crippen LogP contribution is -2.28. The zero-order chi connectivity index (χ0) is 13.0. The van der Waals surface area contributed by atoms with Gasteiger partial charge in [0.15, 0.2) is 0 Å². The van der Waals surface area contributed by atoms with Gasteiger partial charge in [0, 0.05) is 18.5 Å². The van der Waals surface area contributed by atoms with Crippen LogP contribution >= 0.6 is 0 Å². The Hall–Kier alpha value is -2.57. The van der Waals surface area contributed by atoms with Crippen molar-refractivity contribution in [3.63, 3.8) is 0 Å². The van der Waals surface area contributed by atoms with Crippen molar-refractivity contribution in [3.8, 4) is 0 Å². The Labute approximate surface area is 103 Å². The Balaban J connectivity index is 1.99. The summed E-state index contributed by atoms with van der Waals surface area (Å²) in [6.07, 6.45) is 2.61. The van der Waals surface area contributed by atoms with Crippen LogP contribution in [0, 0.1) is 10.1 Å². The van der Waals surface area contributed by atoms with Gasteiger partial charge >= 0.3 is 6.09 Å². The molecule has 1 aromatic rings. The Bertz CT molecular complexity index is 501. The lowest BCUT2D eigenvalue weighted by Gasteiger charge is -2.12. The van der Waals surface area contributed by atoms with Gasteiger partial charge in [0.1, 0.15) is 6.61 Å². The van der Waals surface area contributed by atoms with E-state index in [1.165, 1.54) is 11.0 Å². The molecule has 0 spiro atoms. The highest BCUT2D eigenvalue weighted by Gasteiger charge is 2.17. The molecular formula is C11H11N3O4. The number of nitrogens with one attached hydrogen (secondary N) is 1. The van der Waals surface area contributed by atoms with Gasteiger partial charge < -0.3 is 10.1 Å². The third-order valence-electron chi connectivity index (χ3n) is 2.41. The first-order valence-electron chi connectivity index (χ1n) is 5.24. The highest BCUT2D eigenvalue weighted by Crippen LogP contribution is 2.18. The van der Waals surface area contributed by atoms with Crippen molar-refractivity contribution in [1.82, 2.24) is 10.2 Å². The third kappa shape index (κ3) is 2.57. The Morgan fingerprint density at radius 2 is 2.28 bits per heavy atom. The van der Waals surface area contributed by atoms with E-state index >= 15 is 0 Å². The first kappa shape index (κ1) is 11.9. The molecule has 1 heterocycles. The molecule has 0 saturated carbocycles. The van der Waals surface area contributed by atoms with E-state index in [4.69, 9.17) is 4.74 Å². The van der Waals surface area contributed by atoms with Crippen molar-refractivity contribution >= 4 is 11.8 Å². The summed E-state index contributed by atoms with van der Waals surface area (Å²) in [4.78, 5) is 23.1. The number of amides is 1. The number of ether oxygens (including phenoxy) is 1. The quantitative estimate of drug-likeness (QED) is 0.649. The summed E-state index contributed by atoms with van der Waals surface area (Å²) in [5.41, 5.74) is 0.312. The van der Waals surface area contributed by atoms with Crippen LogP contribution in [0.25, 0.3) is 0 Å². The van der Waals surface area contributed by atoms with Gasteiger partial charge in [0.25, 0.3) is 5.69 Å². The molecule has 94 valence electrons. The van der Waals surface area contributed by atoms with Crippen molar-refractivity contribution in [2.75, 3.05) is 6.67 Å². The average molecular weight is 249 g/mol. The molecule has 7 heteroatoms. The Morgan fingerprint density at radius 3 is 2.94 bits per heavy atom. The number of nitrogens with zero attached hydrogens (tertiary/aromatic N) is 2. The second kappa shape index (κ2) is 5.17. The molecule has 1 aliphatic heterocycles. The zero-order valence-electron chi connectivity index (χ0n) is 9.41. The highest BCUT2D eigenvalue weighted by atomic mass is 16.6. The second-order valence-corrected chi connectivity index (χ2v) is 3.59. The van der Waals surface area contributed by atoms with Gasteiger partial charge in [-0.2, -0.15) is 0 Å². The maximum Gasteiger partial charge on any atom is 0.415 e. The van der Waals surface area contributed by atoms with Gasteiger partial charge in [0.05, 0.1) is 17.2 Å². The zero-order valence-corrected chi connectivity index (χ0v) is 9.41. The smallest absolute Gasteiger partial charge is 0.415 e. The first-order chi connectivity index (χ1) is 8.68. The third-order valence-corrected chi connectivity index (χ3v) is 2.41. The van der Waals surface area contributed by atoms with E-state index in [9.17, 15) is 14.9 Å². The molecule has 0 bridgehead atoms. The summed E-state index contributed by atoms with van der Waals surface area (Å²) in [5, 5.41) is 13.6. The minimum absolute atomic E-state index is 0.0552. The van der Waals surface area contributed by atoms with E-state index in [2.05, 4.69) is 5.32 Å². The molecule has 2 rings (SSSR count). The number of nitro benzene ring substituents is 1. The normalized spacial score (nSPS) is 13.2. The summed E-state index contributed by atoms with van der Waals surface area (Å²) in [6.45, 7) is 0.218. The van der Waals surface area contributed by atoms with E-state index in [1.54, 1.807) is 30.6 Å². The maximum atomic E-state index is 11.5. The topological polar surface area (TPSA) is 84.7 Å². The van der Waals surface area contributed by atoms with Crippen LogP contribution in [0.15, 0.2) is 36.7 Å². The SMILES string of the molecule is O=C(OCc1ccccc1[N+](=O)[O-])N1C=CNC1. The van der Waals surface area contributed by atoms with Crippen LogP contribution in [0.1, 0.15) is 5.56 Å². The lowest BCUT2D eigenvalue weighted by atomic mass is 10.2. The van der Waals surface area contributed by atoms with Gasteiger partial charge in [0.2, 0.25) is 0 Å². The monoisotopic (exact) mass is 249 g/mol. The minimum Gasteiger partial charge on any atom is -0.444 e. The Morgan fingerprint density at radius 1 is 1.50 bits per heavy atom. The van der Waals surface area contributed by atoms with Gasteiger partial charge in [-0.25, -0.2) is 4.79 Å².